The third-order valence-electron chi connectivity index (χ3n) is 4.07. The van der Waals surface area contributed by atoms with Crippen LogP contribution < -0.4 is 14.8 Å². The lowest BCUT2D eigenvalue weighted by Crippen LogP contribution is -2.12. The van der Waals surface area contributed by atoms with Gasteiger partial charge in [-0.1, -0.05) is 0 Å². The van der Waals surface area contributed by atoms with Gasteiger partial charge in [-0.2, -0.15) is 5.10 Å². The standard InChI is InChI=1S/C10H10N2O3.C9H7NO3/c1-14-6-3-4-8-7(5-6)9(12-11-8)10(13)15-2;1-13-5-2-3-7-6(4-5)8(11)9(12)10-7/h3-5H,1-2H3,(H,11,12);2-4H,1H3,(H,10,11,12). The molecule has 0 spiro atoms. The van der Waals surface area contributed by atoms with E-state index in [1.807, 2.05) is 0 Å². The summed E-state index contributed by atoms with van der Waals surface area (Å²) in [6.07, 6.45) is 0. The van der Waals surface area contributed by atoms with Crippen molar-refractivity contribution in [1.82, 2.24) is 10.2 Å². The van der Waals surface area contributed by atoms with Crippen LogP contribution in [0.15, 0.2) is 36.4 Å². The van der Waals surface area contributed by atoms with Gasteiger partial charge in [0.25, 0.3) is 11.7 Å². The summed E-state index contributed by atoms with van der Waals surface area (Å²) in [5.41, 5.74) is 1.97. The maximum atomic E-state index is 11.3. The molecule has 1 amide bonds. The van der Waals surface area contributed by atoms with E-state index < -0.39 is 17.7 Å². The van der Waals surface area contributed by atoms with Crippen LogP contribution in [-0.4, -0.2) is 49.2 Å². The van der Waals surface area contributed by atoms with Crippen LogP contribution in [0.5, 0.6) is 11.5 Å². The summed E-state index contributed by atoms with van der Waals surface area (Å²) in [5, 5.41) is 9.78. The van der Waals surface area contributed by atoms with Crippen molar-refractivity contribution in [1.29, 1.82) is 0 Å². The second kappa shape index (κ2) is 7.78. The molecule has 9 nitrogen and oxygen atoms in total. The maximum absolute atomic E-state index is 11.3. The molecule has 0 radical (unpaired) electrons. The van der Waals surface area contributed by atoms with E-state index in [9.17, 15) is 14.4 Å². The van der Waals surface area contributed by atoms with Crippen LogP contribution in [0.4, 0.5) is 5.69 Å². The largest absolute Gasteiger partial charge is 0.497 e. The molecular formula is C19H17N3O6. The van der Waals surface area contributed by atoms with Crippen molar-refractivity contribution in [2.45, 2.75) is 0 Å². The van der Waals surface area contributed by atoms with Crippen LogP contribution in [0, 0.1) is 0 Å². The summed E-state index contributed by atoms with van der Waals surface area (Å²) < 4.78 is 14.6. The van der Waals surface area contributed by atoms with Crippen LogP contribution in [-0.2, 0) is 9.53 Å². The number of carbonyl (C=O) groups excluding carboxylic acids is 3. The van der Waals surface area contributed by atoms with E-state index in [1.54, 1.807) is 43.5 Å². The van der Waals surface area contributed by atoms with E-state index in [4.69, 9.17) is 9.47 Å². The molecule has 144 valence electrons. The van der Waals surface area contributed by atoms with Crippen molar-refractivity contribution in [2.24, 2.45) is 0 Å². The number of esters is 1. The molecule has 0 unspecified atom stereocenters. The van der Waals surface area contributed by atoms with Gasteiger partial charge in [-0.15, -0.1) is 0 Å². The first-order chi connectivity index (χ1) is 13.5. The number of hydrogen-bond acceptors (Lipinski definition) is 7. The van der Waals surface area contributed by atoms with Gasteiger partial charge < -0.3 is 19.5 Å². The molecule has 2 aromatic carbocycles. The van der Waals surface area contributed by atoms with Gasteiger partial charge in [0.2, 0.25) is 0 Å². The summed E-state index contributed by atoms with van der Waals surface area (Å²) >= 11 is 0. The van der Waals surface area contributed by atoms with Crippen LogP contribution in [0.25, 0.3) is 10.9 Å². The second-order valence-electron chi connectivity index (χ2n) is 5.67. The Balaban J connectivity index is 0.000000162. The zero-order chi connectivity index (χ0) is 20.3. The Bertz CT molecular complexity index is 1070. The topological polar surface area (TPSA) is 120 Å². The molecule has 9 heteroatoms. The Labute approximate surface area is 159 Å². The number of carbonyl (C=O) groups is 3. The first kappa shape index (κ1) is 18.9. The molecule has 2 N–H and O–H groups in total. The van der Waals surface area contributed by atoms with E-state index in [1.165, 1.54) is 14.2 Å². The number of hydrogen-bond donors (Lipinski definition) is 2. The Kier molecular flexibility index (Phi) is 5.25. The third-order valence-corrected chi connectivity index (χ3v) is 4.07. The van der Waals surface area contributed by atoms with Crippen LogP contribution in [0.1, 0.15) is 20.8 Å². The quantitative estimate of drug-likeness (QED) is 0.525. The first-order valence-electron chi connectivity index (χ1n) is 8.12. The van der Waals surface area contributed by atoms with E-state index in [-0.39, 0.29) is 5.69 Å². The van der Waals surface area contributed by atoms with Gasteiger partial charge in [0.15, 0.2) is 5.69 Å². The highest BCUT2D eigenvalue weighted by Gasteiger charge is 2.27. The summed E-state index contributed by atoms with van der Waals surface area (Å²) in [6.45, 7) is 0. The Morgan fingerprint density at radius 1 is 0.964 bits per heavy atom. The zero-order valence-corrected chi connectivity index (χ0v) is 15.4. The van der Waals surface area contributed by atoms with Gasteiger partial charge in [-0.25, -0.2) is 4.79 Å². The number of aromatic amines is 1. The lowest BCUT2D eigenvalue weighted by molar-refractivity contribution is -0.112. The molecule has 0 bridgehead atoms. The van der Waals surface area contributed by atoms with Gasteiger partial charge in [-0.05, 0) is 36.4 Å². The molecule has 2 heterocycles. The smallest absolute Gasteiger partial charge is 0.359 e. The molecule has 1 aliphatic rings. The molecule has 1 aliphatic heterocycles. The normalized spacial score (nSPS) is 12.0. The van der Waals surface area contributed by atoms with Crippen LogP contribution in [0.2, 0.25) is 0 Å². The molecule has 1 aromatic heterocycles. The van der Waals surface area contributed by atoms with E-state index in [2.05, 4.69) is 20.3 Å². The molecule has 0 saturated heterocycles. The lowest BCUT2D eigenvalue weighted by Gasteiger charge is -2.00. The highest BCUT2D eigenvalue weighted by molar-refractivity contribution is 6.51. The number of rotatable bonds is 3. The summed E-state index contributed by atoms with van der Waals surface area (Å²) in [7, 11) is 4.40. The van der Waals surface area contributed by atoms with E-state index >= 15 is 0 Å². The molecule has 4 rings (SSSR count). The molecule has 28 heavy (non-hydrogen) atoms. The van der Waals surface area contributed by atoms with Crippen molar-refractivity contribution >= 4 is 34.3 Å². The second-order valence-corrected chi connectivity index (χ2v) is 5.67. The molecular weight excluding hydrogens is 366 g/mol. The summed E-state index contributed by atoms with van der Waals surface area (Å²) in [5.74, 6) is -0.302. The van der Waals surface area contributed by atoms with Crippen LogP contribution >= 0.6 is 0 Å². The number of ether oxygens (including phenoxy) is 3. The van der Waals surface area contributed by atoms with Gasteiger partial charge in [0, 0.05) is 5.39 Å². The number of nitrogens with zero attached hydrogens (tertiary/aromatic N) is 1. The number of fused-ring (bicyclic) bond motifs is 2. The van der Waals surface area contributed by atoms with E-state index in [0.29, 0.717) is 28.1 Å². The van der Waals surface area contributed by atoms with Gasteiger partial charge in [0.05, 0.1) is 38.1 Å². The van der Waals surface area contributed by atoms with Gasteiger partial charge in [-0.3, -0.25) is 14.7 Å². The zero-order valence-electron chi connectivity index (χ0n) is 15.4. The Hall–Kier alpha value is -3.88. The first-order valence-corrected chi connectivity index (χ1v) is 8.12. The number of amides is 1. The number of benzene rings is 2. The van der Waals surface area contributed by atoms with Crippen molar-refractivity contribution < 1.29 is 28.6 Å². The van der Waals surface area contributed by atoms with Crippen molar-refractivity contribution in [3.05, 3.63) is 47.7 Å². The van der Waals surface area contributed by atoms with Crippen molar-refractivity contribution in [3.63, 3.8) is 0 Å². The molecule has 0 aliphatic carbocycles. The number of methoxy groups -OCH3 is 3. The summed E-state index contributed by atoms with van der Waals surface area (Å²) in [4.78, 5) is 33.5. The number of ketones is 1. The fourth-order valence-electron chi connectivity index (χ4n) is 2.62. The van der Waals surface area contributed by atoms with E-state index in [0.717, 1.165) is 5.52 Å². The number of nitrogens with one attached hydrogen (secondary N) is 2. The Morgan fingerprint density at radius 2 is 1.64 bits per heavy atom. The number of H-pyrrole nitrogens is 1. The fourth-order valence-corrected chi connectivity index (χ4v) is 2.62. The van der Waals surface area contributed by atoms with Crippen molar-refractivity contribution in [3.8, 4) is 11.5 Å². The van der Waals surface area contributed by atoms with Gasteiger partial charge >= 0.3 is 5.97 Å². The highest BCUT2D eigenvalue weighted by atomic mass is 16.5. The maximum Gasteiger partial charge on any atom is 0.359 e. The predicted molar refractivity (Wildman–Crippen MR) is 99.9 cm³/mol. The average Bonchev–Trinajstić information content (AvgIpc) is 3.28. The minimum absolute atomic E-state index is 0.270. The minimum Gasteiger partial charge on any atom is -0.497 e. The van der Waals surface area contributed by atoms with Crippen LogP contribution in [0.3, 0.4) is 0 Å². The third kappa shape index (κ3) is 3.50. The number of Topliss-reactive ketones (excluding diaryl/α,β-unsaturated/α-hetero) is 1. The fraction of sp³-hybridized carbons (Fsp3) is 0.158. The molecule has 0 fully saturated rings. The molecule has 0 atom stereocenters. The number of aromatic nitrogens is 2. The van der Waals surface area contributed by atoms with Gasteiger partial charge in [0.1, 0.15) is 11.5 Å². The van der Waals surface area contributed by atoms with Crippen molar-refractivity contribution in [2.75, 3.05) is 26.6 Å². The average molecular weight is 383 g/mol. The highest BCUT2D eigenvalue weighted by Crippen LogP contribution is 2.26. The lowest BCUT2D eigenvalue weighted by atomic mass is 10.1. The molecule has 3 aromatic rings. The Morgan fingerprint density at radius 3 is 2.32 bits per heavy atom. The minimum atomic E-state index is -0.580. The predicted octanol–water partition coefficient (Wildman–Crippen LogP) is 2.19. The number of anilines is 1. The molecule has 0 saturated carbocycles. The SMILES string of the molecule is COC(=O)c1n[nH]c2ccc(OC)cc12.COc1ccc2c(c1)C(=O)C(=O)N2. The monoisotopic (exact) mass is 383 g/mol. The summed E-state index contributed by atoms with van der Waals surface area (Å²) in [6, 6.07) is 10.2.